The van der Waals surface area contributed by atoms with E-state index in [-0.39, 0.29) is 29.7 Å². The third-order valence-corrected chi connectivity index (χ3v) is 6.36. The van der Waals surface area contributed by atoms with E-state index in [4.69, 9.17) is 9.47 Å². The summed E-state index contributed by atoms with van der Waals surface area (Å²) in [4.78, 5) is 29.8. The van der Waals surface area contributed by atoms with E-state index in [9.17, 15) is 14.0 Å². The van der Waals surface area contributed by atoms with Gasteiger partial charge in [0.1, 0.15) is 18.2 Å². The van der Waals surface area contributed by atoms with Gasteiger partial charge in [0.2, 0.25) is 0 Å². The van der Waals surface area contributed by atoms with Crippen LogP contribution in [-0.4, -0.2) is 74.3 Å². The first-order valence-corrected chi connectivity index (χ1v) is 11.8. The summed E-state index contributed by atoms with van der Waals surface area (Å²) in [5, 5.41) is 5.14. The number of ether oxygens (including phenoxy) is 2. The fourth-order valence-electron chi connectivity index (χ4n) is 4.22. The minimum absolute atomic E-state index is 0.0598. The molecule has 0 aromatic heterocycles. The van der Waals surface area contributed by atoms with Gasteiger partial charge in [-0.05, 0) is 49.7 Å². The Morgan fingerprint density at radius 1 is 1.17 bits per heavy atom. The first-order valence-electron chi connectivity index (χ1n) is 11.8. The molecule has 9 heteroatoms. The lowest BCUT2D eigenvalue weighted by molar-refractivity contribution is 0.0116. The van der Waals surface area contributed by atoms with E-state index in [1.54, 1.807) is 49.4 Å². The minimum atomic E-state index is -0.620. The van der Waals surface area contributed by atoms with Crippen LogP contribution in [0, 0.1) is 11.7 Å². The normalized spacial score (nSPS) is 21.8. The molecule has 0 aliphatic carbocycles. The Balaban J connectivity index is 1.87. The molecule has 35 heavy (non-hydrogen) atoms. The molecule has 0 spiro atoms. The number of carbonyl (C=O) groups is 2. The molecule has 1 heterocycles. The van der Waals surface area contributed by atoms with Crippen molar-refractivity contribution in [1.82, 2.24) is 9.80 Å². The highest BCUT2D eigenvalue weighted by atomic mass is 19.1. The van der Waals surface area contributed by atoms with Gasteiger partial charge in [0.25, 0.3) is 5.91 Å². The zero-order valence-electron chi connectivity index (χ0n) is 21.0. The highest BCUT2D eigenvalue weighted by Crippen LogP contribution is 2.26. The Bertz CT molecular complexity index is 1030. The molecule has 0 unspecified atom stereocenters. The average Bonchev–Trinajstić information content (AvgIpc) is 2.84. The molecule has 0 bridgehead atoms. The van der Waals surface area contributed by atoms with Crippen molar-refractivity contribution in [3.8, 4) is 5.75 Å². The number of hydrogen-bond acceptors (Lipinski definition) is 5. The Hall–Kier alpha value is -3.17. The first kappa shape index (κ1) is 26.4. The number of para-hydroxylation sites is 1. The summed E-state index contributed by atoms with van der Waals surface area (Å²) in [7, 11) is 3.39. The topological polar surface area (TPSA) is 83.1 Å². The molecule has 3 atom stereocenters. The third kappa shape index (κ3) is 6.70. The van der Waals surface area contributed by atoms with Gasteiger partial charge < -0.3 is 25.0 Å². The fourth-order valence-corrected chi connectivity index (χ4v) is 4.22. The van der Waals surface area contributed by atoms with Gasteiger partial charge in [-0.25, -0.2) is 9.18 Å². The number of urea groups is 1. The summed E-state index contributed by atoms with van der Waals surface area (Å²) in [6.45, 7) is 8.85. The summed E-state index contributed by atoms with van der Waals surface area (Å²) < 4.78 is 25.7. The molecule has 2 aromatic rings. The van der Waals surface area contributed by atoms with E-state index in [1.165, 1.54) is 12.1 Å². The van der Waals surface area contributed by atoms with Crippen molar-refractivity contribution < 1.29 is 23.5 Å². The number of likely N-dealkylation sites (N-methyl/N-ethyl adjacent to an activating group) is 2. The van der Waals surface area contributed by atoms with E-state index >= 15 is 0 Å². The molecular formula is C26H35FN4O4. The minimum Gasteiger partial charge on any atom is -0.491 e. The van der Waals surface area contributed by atoms with Crippen molar-refractivity contribution >= 4 is 23.3 Å². The molecule has 2 N–H and O–H groups in total. The van der Waals surface area contributed by atoms with Gasteiger partial charge in [0.15, 0.2) is 0 Å². The Morgan fingerprint density at radius 3 is 2.60 bits per heavy atom. The van der Waals surface area contributed by atoms with E-state index in [0.29, 0.717) is 30.2 Å². The molecule has 1 aliphatic rings. The number of nitrogens with zero attached hydrogens (tertiary/aromatic N) is 2. The van der Waals surface area contributed by atoms with Crippen LogP contribution in [0.3, 0.4) is 0 Å². The van der Waals surface area contributed by atoms with Crippen LogP contribution in [0.25, 0.3) is 0 Å². The molecule has 3 rings (SSSR count). The largest absolute Gasteiger partial charge is 0.491 e. The number of benzene rings is 2. The second-order valence-corrected chi connectivity index (χ2v) is 8.95. The maximum atomic E-state index is 13.9. The van der Waals surface area contributed by atoms with Crippen molar-refractivity contribution in [3.05, 3.63) is 53.8 Å². The number of anilines is 2. The van der Waals surface area contributed by atoms with Crippen molar-refractivity contribution in [2.75, 3.05) is 51.0 Å². The Labute approximate surface area is 206 Å². The van der Waals surface area contributed by atoms with Gasteiger partial charge in [0, 0.05) is 39.0 Å². The van der Waals surface area contributed by atoms with E-state index in [0.717, 1.165) is 13.1 Å². The quantitative estimate of drug-likeness (QED) is 0.674. The maximum Gasteiger partial charge on any atom is 0.323 e. The molecule has 0 fully saturated rings. The van der Waals surface area contributed by atoms with Crippen LogP contribution in [0.5, 0.6) is 5.75 Å². The predicted octanol–water partition coefficient (Wildman–Crippen LogP) is 4.30. The standard InChI is InChI=1S/C26H35FN4O4/c1-6-31-14-17(2)24(34-5)15-30(4)25(32)20-13-19(11-12-23(20)35-16-18(31)3)28-26(33)29-22-10-8-7-9-21(22)27/h7-13,17-18,24H,6,14-16H2,1-5H3,(H2,28,29,33)/t17-,18-,24-/m1/s1. The second-order valence-electron chi connectivity index (χ2n) is 8.95. The lowest BCUT2D eigenvalue weighted by Gasteiger charge is -2.35. The summed E-state index contributed by atoms with van der Waals surface area (Å²) in [6.07, 6.45) is -0.137. The first-order chi connectivity index (χ1) is 16.7. The molecule has 190 valence electrons. The van der Waals surface area contributed by atoms with Crippen molar-refractivity contribution in [1.29, 1.82) is 0 Å². The lowest BCUT2D eigenvalue weighted by atomic mass is 10.0. The number of methoxy groups -OCH3 is 1. The lowest BCUT2D eigenvalue weighted by Crippen LogP contribution is -2.46. The monoisotopic (exact) mass is 486 g/mol. The third-order valence-electron chi connectivity index (χ3n) is 6.36. The Kier molecular flexibility index (Phi) is 9.06. The van der Waals surface area contributed by atoms with Crippen LogP contribution >= 0.6 is 0 Å². The van der Waals surface area contributed by atoms with Gasteiger partial charge in [-0.3, -0.25) is 9.69 Å². The van der Waals surface area contributed by atoms with Gasteiger partial charge in [-0.2, -0.15) is 0 Å². The summed E-state index contributed by atoms with van der Waals surface area (Å²) in [5.74, 6) is -0.144. The van der Waals surface area contributed by atoms with E-state index in [1.807, 2.05) is 0 Å². The molecule has 1 aliphatic heterocycles. The Morgan fingerprint density at radius 2 is 1.91 bits per heavy atom. The van der Waals surface area contributed by atoms with Crippen LogP contribution < -0.4 is 15.4 Å². The molecular weight excluding hydrogens is 451 g/mol. The zero-order valence-corrected chi connectivity index (χ0v) is 21.0. The number of hydrogen-bond donors (Lipinski definition) is 2. The maximum absolute atomic E-state index is 13.9. The van der Waals surface area contributed by atoms with Crippen LogP contribution in [0.2, 0.25) is 0 Å². The average molecular weight is 487 g/mol. The molecule has 0 radical (unpaired) electrons. The summed E-state index contributed by atoms with van der Waals surface area (Å²) in [6, 6.07) is 10.3. The number of halogens is 1. The molecule has 0 saturated heterocycles. The van der Waals surface area contributed by atoms with Crippen molar-refractivity contribution in [2.45, 2.75) is 32.9 Å². The SMILES string of the molecule is CCN1C[C@@H](C)[C@H](OC)CN(C)C(=O)c2cc(NC(=O)Nc3ccccc3F)ccc2OC[C@H]1C. The highest BCUT2D eigenvalue weighted by molar-refractivity contribution is 6.02. The highest BCUT2D eigenvalue weighted by Gasteiger charge is 2.28. The van der Waals surface area contributed by atoms with Gasteiger partial charge in [-0.15, -0.1) is 0 Å². The molecule has 2 aromatic carbocycles. The molecule has 8 nitrogen and oxygen atoms in total. The second kappa shape index (κ2) is 12.0. The van der Waals surface area contributed by atoms with E-state index in [2.05, 4.69) is 36.3 Å². The molecule has 3 amide bonds. The number of nitrogens with one attached hydrogen (secondary N) is 2. The smallest absolute Gasteiger partial charge is 0.323 e. The van der Waals surface area contributed by atoms with Crippen LogP contribution in [0.15, 0.2) is 42.5 Å². The van der Waals surface area contributed by atoms with Gasteiger partial charge in [0.05, 0.1) is 17.4 Å². The van der Waals surface area contributed by atoms with Crippen LogP contribution in [0.4, 0.5) is 20.6 Å². The van der Waals surface area contributed by atoms with E-state index < -0.39 is 11.8 Å². The number of carbonyl (C=O) groups excluding carboxylic acids is 2. The van der Waals surface area contributed by atoms with Crippen LogP contribution in [0.1, 0.15) is 31.1 Å². The predicted molar refractivity (Wildman–Crippen MR) is 135 cm³/mol. The summed E-state index contributed by atoms with van der Waals surface area (Å²) in [5.41, 5.74) is 0.772. The van der Waals surface area contributed by atoms with Crippen molar-refractivity contribution in [2.24, 2.45) is 5.92 Å². The van der Waals surface area contributed by atoms with Crippen molar-refractivity contribution in [3.63, 3.8) is 0 Å². The number of amides is 3. The molecule has 0 saturated carbocycles. The van der Waals surface area contributed by atoms with Crippen LogP contribution in [-0.2, 0) is 4.74 Å². The fraction of sp³-hybridized carbons (Fsp3) is 0.462. The van der Waals surface area contributed by atoms with Gasteiger partial charge >= 0.3 is 6.03 Å². The number of fused-ring (bicyclic) bond motifs is 1. The summed E-state index contributed by atoms with van der Waals surface area (Å²) >= 11 is 0. The van der Waals surface area contributed by atoms with Gasteiger partial charge in [-0.1, -0.05) is 26.0 Å². The number of rotatable bonds is 4. The zero-order chi connectivity index (χ0) is 25.5.